The highest BCUT2D eigenvalue weighted by Gasteiger charge is 2.20. The minimum atomic E-state index is 1.18. The van der Waals surface area contributed by atoms with Gasteiger partial charge in [0, 0.05) is 0 Å². The van der Waals surface area contributed by atoms with Crippen molar-refractivity contribution >= 4 is 32.3 Å². The third kappa shape index (κ3) is 6.46. The Kier molecular flexibility index (Phi) is 8.95. The molecule has 0 heteroatoms. The molecule has 11 aromatic carbocycles. The normalized spacial score (nSPS) is 11.3. The fraction of sp³-hybridized carbons (Fsp3) is 0. The Labute approximate surface area is 351 Å². The van der Waals surface area contributed by atoms with E-state index in [9.17, 15) is 0 Å². The van der Waals surface area contributed by atoms with E-state index in [-0.39, 0.29) is 0 Å². The Hall–Kier alpha value is -7.80. The monoisotopic (exact) mass is 760 g/mol. The molecule has 0 aliphatic heterocycles. The molecule has 0 fully saturated rings. The van der Waals surface area contributed by atoms with Crippen LogP contribution in [0.15, 0.2) is 243 Å². The fourth-order valence-electron chi connectivity index (χ4n) is 9.12. The third-order valence-corrected chi connectivity index (χ3v) is 12.1. The Morgan fingerprint density at radius 3 is 1.17 bits per heavy atom. The zero-order valence-electron chi connectivity index (χ0n) is 33.1. The molecule has 0 bridgehead atoms. The summed E-state index contributed by atoms with van der Waals surface area (Å²) in [5.41, 5.74) is 17.0. The lowest BCUT2D eigenvalue weighted by Gasteiger charge is -2.21. The zero-order valence-corrected chi connectivity index (χ0v) is 33.1. The van der Waals surface area contributed by atoms with Gasteiger partial charge < -0.3 is 0 Å². The molecule has 0 spiro atoms. The van der Waals surface area contributed by atoms with E-state index in [1.807, 2.05) is 0 Å². The quantitative estimate of drug-likeness (QED) is 0.142. The van der Waals surface area contributed by atoms with Crippen molar-refractivity contribution in [3.8, 4) is 77.9 Å². The van der Waals surface area contributed by atoms with Crippen LogP contribution in [0.5, 0.6) is 0 Å². The first-order chi connectivity index (χ1) is 29.7. The first-order valence-corrected chi connectivity index (χ1v) is 20.7. The van der Waals surface area contributed by atoms with Gasteiger partial charge in [-0.25, -0.2) is 0 Å². The second-order valence-electron chi connectivity index (χ2n) is 15.6. The summed E-state index contributed by atoms with van der Waals surface area (Å²) in [6.45, 7) is 0. The predicted octanol–water partition coefficient (Wildman–Crippen LogP) is 16.8. The van der Waals surface area contributed by atoms with Crippen molar-refractivity contribution in [1.29, 1.82) is 0 Å². The molecular weight excluding hydrogens is 721 g/mol. The summed E-state index contributed by atoms with van der Waals surface area (Å²) >= 11 is 0. The van der Waals surface area contributed by atoms with Crippen molar-refractivity contribution in [2.75, 3.05) is 0 Å². The van der Waals surface area contributed by atoms with Crippen LogP contribution in [0, 0.1) is 0 Å². The lowest BCUT2D eigenvalue weighted by Crippen LogP contribution is -1.94. The van der Waals surface area contributed by atoms with Crippen molar-refractivity contribution in [3.05, 3.63) is 243 Å². The highest BCUT2D eigenvalue weighted by atomic mass is 14.2. The predicted molar refractivity (Wildman–Crippen MR) is 257 cm³/mol. The van der Waals surface area contributed by atoms with Crippen LogP contribution < -0.4 is 0 Å². The van der Waals surface area contributed by atoms with E-state index >= 15 is 0 Å². The minimum Gasteiger partial charge on any atom is -0.0622 e. The molecule has 0 aromatic heterocycles. The average molecular weight is 761 g/mol. The molecule has 0 amide bonds. The van der Waals surface area contributed by atoms with Crippen LogP contribution in [0.4, 0.5) is 0 Å². The second kappa shape index (κ2) is 15.2. The lowest BCUT2D eigenvalue weighted by atomic mass is 9.82. The van der Waals surface area contributed by atoms with Crippen LogP contribution in [-0.2, 0) is 0 Å². The van der Waals surface area contributed by atoms with Crippen molar-refractivity contribution in [3.63, 3.8) is 0 Å². The number of hydrogen-bond acceptors (Lipinski definition) is 0. The molecule has 0 heterocycles. The molecule has 11 rings (SSSR count). The molecule has 0 saturated carbocycles. The Morgan fingerprint density at radius 2 is 0.550 bits per heavy atom. The lowest BCUT2D eigenvalue weighted by molar-refractivity contribution is 1.56. The van der Waals surface area contributed by atoms with Crippen LogP contribution in [0.25, 0.3) is 110 Å². The van der Waals surface area contributed by atoms with E-state index in [1.54, 1.807) is 0 Å². The summed E-state index contributed by atoms with van der Waals surface area (Å²) < 4.78 is 0. The number of rotatable bonds is 7. The molecule has 0 aliphatic rings. The van der Waals surface area contributed by atoms with E-state index in [4.69, 9.17) is 0 Å². The first kappa shape index (κ1) is 35.4. The van der Waals surface area contributed by atoms with E-state index in [0.717, 1.165) is 0 Å². The van der Waals surface area contributed by atoms with E-state index in [2.05, 4.69) is 243 Å². The molecule has 0 saturated heterocycles. The molecule has 0 unspecified atom stereocenters. The summed E-state index contributed by atoms with van der Waals surface area (Å²) in [6.07, 6.45) is 0. The SMILES string of the molecule is c1ccc(-c2cccc(-c3ccc(-c4ccc(-c5cccc(-c6ccc7ccccc7c6)c5)cc4)cc3-c3c4ccccc4c(-c4ccccc4)c4ccccc34)c2)cc1. The highest BCUT2D eigenvalue weighted by Crippen LogP contribution is 2.47. The van der Waals surface area contributed by atoms with Gasteiger partial charge in [-0.2, -0.15) is 0 Å². The molecule has 60 heavy (non-hydrogen) atoms. The van der Waals surface area contributed by atoms with Crippen LogP contribution in [0.2, 0.25) is 0 Å². The largest absolute Gasteiger partial charge is 0.0622 e. The van der Waals surface area contributed by atoms with E-state index < -0.39 is 0 Å². The maximum atomic E-state index is 2.43. The smallest absolute Gasteiger partial charge is 0.00199 e. The molecule has 0 N–H and O–H groups in total. The summed E-state index contributed by atoms with van der Waals surface area (Å²) in [4.78, 5) is 0. The van der Waals surface area contributed by atoms with Crippen LogP contribution in [0.3, 0.4) is 0 Å². The number of hydrogen-bond donors (Lipinski definition) is 0. The summed E-state index contributed by atoms with van der Waals surface area (Å²) in [7, 11) is 0. The summed E-state index contributed by atoms with van der Waals surface area (Å²) in [5, 5.41) is 7.51. The van der Waals surface area contributed by atoms with Crippen molar-refractivity contribution in [2.24, 2.45) is 0 Å². The molecule has 11 aromatic rings. The molecule has 0 atom stereocenters. The summed E-state index contributed by atoms with van der Waals surface area (Å²) in [6, 6.07) is 88.8. The number of benzene rings is 11. The van der Waals surface area contributed by atoms with Gasteiger partial charge in [0.2, 0.25) is 0 Å². The maximum absolute atomic E-state index is 2.43. The molecule has 0 radical (unpaired) electrons. The van der Waals surface area contributed by atoms with Gasteiger partial charge in [-0.05, 0) is 134 Å². The van der Waals surface area contributed by atoms with Crippen LogP contribution in [0.1, 0.15) is 0 Å². The average Bonchev–Trinajstić information content (AvgIpc) is 3.33. The van der Waals surface area contributed by atoms with Gasteiger partial charge in [0.05, 0.1) is 0 Å². The molecule has 280 valence electrons. The van der Waals surface area contributed by atoms with E-state index in [0.29, 0.717) is 0 Å². The van der Waals surface area contributed by atoms with Crippen molar-refractivity contribution in [2.45, 2.75) is 0 Å². The van der Waals surface area contributed by atoms with Gasteiger partial charge >= 0.3 is 0 Å². The van der Waals surface area contributed by atoms with E-state index in [1.165, 1.54) is 110 Å². The van der Waals surface area contributed by atoms with Gasteiger partial charge in [0.25, 0.3) is 0 Å². The topological polar surface area (TPSA) is 0 Å². The van der Waals surface area contributed by atoms with Gasteiger partial charge in [0.15, 0.2) is 0 Å². The minimum absolute atomic E-state index is 1.18. The fourth-order valence-corrected chi connectivity index (χ4v) is 9.12. The standard InChI is InChI=1S/C60H40/c1-3-15-41(16-4-1)48-22-14-24-52(39-48)53-36-35-51(44-31-29-43(30-32-44)47-21-13-23-49(37-47)50-34-33-42-17-7-8-20-46(42)38-50)40-58(53)60-56-27-11-9-25-54(56)59(45-18-5-2-6-19-45)55-26-10-12-28-57(55)60/h1-40H. The van der Waals surface area contributed by atoms with Crippen LogP contribution >= 0.6 is 0 Å². The molecule has 0 aliphatic carbocycles. The number of fused-ring (bicyclic) bond motifs is 3. The molecular formula is C60H40. The van der Waals surface area contributed by atoms with Gasteiger partial charge in [-0.3, -0.25) is 0 Å². The second-order valence-corrected chi connectivity index (χ2v) is 15.6. The van der Waals surface area contributed by atoms with Gasteiger partial charge in [0.1, 0.15) is 0 Å². The van der Waals surface area contributed by atoms with Gasteiger partial charge in [-0.15, -0.1) is 0 Å². The Balaban J connectivity index is 1.07. The molecule has 0 nitrogen and oxygen atoms in total. The Morgan fingerprint density at radius 1 is 0.167 bits per heavy atom. The first-order valence-electron chi connectivity index (χ1n) is 20.7. The third-order valence-electron chi connectivity index (χ3n) is 12.1. The summed E-state index contributed by atoms with van der Waals surface area (Å²) in [5.74, 6) is 0. The van der Waals surface area contributed by atoms with Crippen molar-refractivity contribution < 1.29 is 0 Å². The van der Waals surface area contributed by atoms with Crippen LogP contribution in [-0.4, -0.2) is 0 Å². The maximum Gasteiger partial charge on any atom is -0.00199 e. The Bertz CT molecular complexity index is 3280. The zero-order chi connectivity index (χ0) is 39.8. The van der Waals surface area contributed by atoms with Crippen molar-refractivity contribution in [1.82, 2.24) is 0 Å². The van der Waals surface area contributed by atoms with Gasteiger partial charge in [-0.1, -0.05) is 218 Å². The highest BCUT2D eigenvalue weighted by molar-refractivity contribution is 6.22.